The summed E-state index contributed by atoms with van der Waals surface area (Å²) in [5, 5.41) is 0. The van der Waals surface area contributed by atoms with Crippen LogP contribution in [0.4, 0.5) is 0 Å². The zero-order valence-electron chi connectivity index (χ0n) is 8.29. The number of benzene rings is 1. The average Bonchev–Trinajstić information content (AvgIpc) is 2.16. The van der Waals surface area contributed by atoms with Gasteiger partial charge in [-0.25, -0.2) is 0 Å². The van der Waals surface area contributed by atoms with Crippen molar-refractivity contribution >= 4 is 21.7 Å². The molecule has 0 radical (unpaired) electrons. The monoisotopic (exact) mass is 256 g/mol. The average molecular weight is 257 g/mol. The standard InChI is InChI=1S/C11H13BrO2/c1-8(13)9(2)14-7-10-3-5-11(12)6-4-10/h3-6,9H,7H2,1-2H3. The predicted molar refractivity (Wildman–Crippen MR) is 59.1 cm³/mol. The molecule has 0 bridgehead atoms. The lowest BCUT2D eigenvalue weighted by atomic mass is 10.2. The minimum atomic E-state index is -0.321. The maximum atomic E-state index is 10.9. The maximum Gasteiger partial charge on any atom is 0.158 e. The molecule has 0 saturated carbocycles. The number of carbonyl (C=O) groups excluding carboxylic acids is 1. The van der Waals surface area contributed by atoms with Crippen molar-refractivity contribution in [3.05, 3.63) is 34.3 Å². The van der Waals surface area contributed by atoms with E-state index >= 15 is 0 Å². The summed E-state index contributed by atoms with van der Waals surface area (Å²) >= 11 is 3.35. The molecule has 14 heavy (non-hydrogen) atoms. The molecule has 1 atom stereocenters. The molecule has 1 unspecified atom stereocenters. The van der Waals surface area contributed by atoms with E-state index in [0.717, 1.165) is 10.0 Å². The number of Topliss-reactive ketones (excluding diaryl/α,β-unsaturated/α-hetero) is 1. The molecule has 0 heterocycles. The third-order valence-corrected chi connectivity index (χ3v) is 2.51. The molecule has 0 aliphatic heterocycles. The Morgan fingerprint density at radius 1 is 1.43 bits per heavy atom. The lowest BCUT2D eigenvalue weighted by molar-refractivity contribution is -0.127. The van der Waals surface area contributed by atoms with Crippen LogP contribution in [-0.4, -0.2) is 11.9 Å². The Balaban J connectivity index is 2.46. The van der Waals surface area contributed by atoms with Crippen molar-refractivity contribution < 1.29 is 9.53 Å². The minimum absolute atomic E-state index is 0.0575. The first-order valence-electron chi connectivity index (χ1n) is 4.46. The number of ether oxygens (including phenoxy) is 1. The van der Waals surface area contributed by atoms with Gasteiger partial charge in [-0.3, -0.25) is 4.79 Å². The Bertz CT molecular complexity index is 306. The third-order valence-electron chi connectivity index (χ3n) is 1.99. The van der Waals surface area contributed by atoms with Crippen LogP contribution < -0.4 is 0 Å². The van der Waals surface area contributed by atoms with Gasteiger partial charge in [0.25, 0.3) is 0 Å². The van der Waals surface area contributed by atoms with Gasteiger partial charge in [0.15, 0.2) is 5.78 Å². The summed E-state index contributed by atoms with van der Waals surface area (Å²) < 4.78 is 6.41. The molecule has 0 amide bonds. The van der Waals surface area contributed by atoms with E-state index in [1.807, 2.05) is 24.3 Å². The van der Waals surface area contributed by atoms with E-state index in [2.05, 4.69) is 15.9 Å². The number of hydrogen-bond acceptors (Lipinski definition) is 2. The Labute approximate surface area is 92.4 Å². The lowest BCUT2D eigenvalue weighted by Crippen LogP contribution is -2.17. The zero-order valence-corrected chi connectivity index (χ0v) is 9.87. The van der Waals surface area contributed by atoms with Crippen molar-refractivity contribution in [1.29, 1.82) is 0 Å². The van der Waals surface area contributed by atoms with Gasteiger partial charge in [-0.2, -0.15) is 0 Å². The highest BCUT2D eigenvalue weighted by molar-refractivity contribution is 9.10. The van der Waals surface area contributed by atoms with Crippen molar-refractivity contribution in [1.82, 2.24) is 0 Å². The summed E-state index contributed by atoms with van der Waals surface area (Å²) in [6.45, 7) is 3.78. The fraction of sp³-hybridized carbons (Fsp3) is 0.364. The van der Waals surface area contributed by atoms with Crippen molar-refractivity contribution in [2.24, 2.45) is 0 Å². The van der Waals surface area contributed by atoms with E-state index in [1.54, 1.807) is 6.92 Å². The first-order chi connectivity index (χ1) is 6.59. The Morgan fingerprint density at radius 2 is 2.00 bits per heavy atom. The fourth-order valence-corrected chi connectivity index (χ4v) is 1.18. The molecule has 76 valence electrons. The van der Waals surface area contributed by atoms with Crippen LogP contribution in [0.5, 0.6) is 0 Å². The van der Waals surface area contributed by atoms with Gasteiger partial charge in [0.05, 0.1) is 6.61 Å². The van der Waals surface area contributed by atoms with E-state index in [-0.39, 0.29) is 11.9 Å². The molecule has 1 aromatic rings. The number of ketones is 1. The van der Waals surface area contributed by atoms with Crippen molar-refractivity contribution in [3.8, 4) is 0 Å². The molecule has 0 fully saturated rings. The molecular formula is C11H13BrO2. The summed E-state index contributed by atoms with van der Waals surface area (Å²) in [6, 6.07) is 7.85. The van der Waals surface area contributed by atoms with Crippen LogP contribution in [-0.2, 0) is 16.1 Å². The van der Waals surface area contributed by atoms with E-state index in [4.69, 9.17) is 4.74 Å². The number of rotatable bonds is 4. The second-order valence-corrected chi connectivity index (χ2v) is 4.11. The normalized spacial score (nSPS) is 12.5. The Morgan fingerprint density at radius 3 is 2.50 bits per heavy atom. The molecule has 2 nitrogen and oxygen atoms in total. The van der Waals surface area contributed by atoms with Crippen LogP contribution in [0.25, 0.3) is 0 Å². The summed E-state index contributed by atoms with van der Waals surface area (Å²) in [6.07, 6.45) is -0.321. The van der Waals surface area contributed by atoms with Crippen LogP contribution >= 0.6 is 15.9 Å². The lowest BCUT2D eigenvalue weighted by Gasteiger charge is -2.09. The highest BCUT2D eigenvalue weighted by Crippen LogP contribution is 2.11. The molecule has 0 spiro atoms. The SMILES string of the molecule is CC(=O)C(C)OCc1ccc(Br)cc1. The number of hydrogen-bond donors (Lipinski definition) is 0. The van der Waals surface area contributed by atoms with Gasteiger partial charge in [0, 0.05) is 4.47 Å². The molecule has 1 aromatic carbocycles. The molecule has 0 saturated heterocycles. The smallest absolute Gasteiger partial charge is 0.158 e. The van der Waals surface area contributed by atoms with Crippen LogP contribution in [0.3, 0.4) is 0 Å². The zero-order chi connectivity index (χ0) is 10.6. The molecule has 0 N–H and O–H groups in total. The van der Waals surface area contributed by atoms with Crippen LogP contribution in [0.2, 0.25) is 0 Å². The van der Waals surface area contributed by atoms with Crippen LogP contribution in [0, 0.1) is 0 Å². The quantitative estimate of drug-likeness (QED) is 0.828. The molecular weight excluding hydrogens is 244 g/mol. The van der Waals surface area contributed by atoms with Gasteiger partial charge in [-0.15, -0.1) is 0 Å². The molecule has 3 heteroatoms. The summed E-state index contributed by atoms with van der Waals surface area (Å²) in [7, 11) is 0. The molecule has 1 rings (SSSR count). The molecule has 0 aliphatic rings. The van der Waals surface area contributed by atoms with E-state index < -0.39 is 0 Å². The topological polar surface area (TPSA) is 26.3 Å². The van der Waals surface area contributed by atoms with Crippen molar-refractivity contribution in [2.45, 2.75) is 26.6 Å². The highest BCUT2D eigenvalue weighted by Gasteiger charge is 2.06. The third kappa shape index (κ3) is 3.60. The summed E-state index contributed by atoms with van der Waals surface area (Å²) in [5.41, 5.74) is 1.07. The number of halogens is 1. The molecule has 0 aliphatic carbocycles. The maximum absolute atomic E-state index is 10.9. The second-order valence-electron chi connectivity index (χ2n) is 3.19. The minimum Gasteiger partial charge on any atom is -0.366 e. The van der Waals surface area contributed by atoms with Crippen molar-refractivity contribution in [3.63, 3.8) is 0 Å². The second kappa shape index (κ2) is 5.27. The van der Waals surface area contributed by atoms with Gasteiger partial charge in [0.1, 0.15) is 6.10 Å². The highest BCUT2D eigenvalue weighted by atomic mass is 79.9. The van der Waals surface area contributed by atoms with Crippen LogP contribution in [0.15, 0.2) is 28.7 Å². The largest absolute Gasteiger partial charge is 0.366 e. The Kier molecular flexibility index (Phi) is 4.29. The first-order valence-corrected chi connectivity index (χ1v) is 5.25. The van der Waals surface area contributed by atoms with Gasteiger partial charge in [-0.05, 0) is 31.5 Å². The fourth-order valence-electron chi connectivity index (χ4n) is 0.919. The Hall–Kier alpha value is -0.670. The number of carbonyl (C=O) groups is 1. The van der Waals surface area contributed by atoms with Crippen molar-refractivity contribution in [2.75, 3.05) is 0 Å². The van der Waals surface area contributed by atoms with Gasteiger partial charge < -0.3 is 4.74 Å². The van der Waals surface area contributed by atoms with E-state index in [1.165, 1.54) is 6.92 Å². The summed E-state index contributed by atoms with van der Waals surface area (Å²) in [5.74, 6) is 0.0575. The molecule has 0 aromatic heterocycles. The van der Waals surface area contributed by atoms with E-state index in [0.29, 0.717) is 6.61 Å². The van der Waals surface area contributed by atoms with E-state index in [9.17, 15) is 4.79 Å². The van der Waals surface area contributed by atoms with Gasteiger partial charge in [-0.1, -0.05) is 28.1 Å². The first kappa shape index (κ1) is 11.4. The predicted octanol–water partition coefficient (Wildman–Crippen LogP) is 2.94. The van der Waals surface area contributed by atoms with Gasteiger partial charge in [0.2, 0.25) is 0 Å². The summed E-state index contributed by atoms with van der Waals surface area (Å²) in [4.78, 5) is 10.9. The van der Waals surface area contributed by atoms with Gasteiger partial charge >= 0.3 is 0 Å². The van der Waals surface area contributed by atoms with Crippen LogP contribution in [0.1, 0.15) is 19.4 Å².